The molecule has 1 heterocycles. The summed E-state index contributed by atoms with van der Waals surface area (Å²) < 4.78 is 0. The molecule has 2 rings (SSSR count). The Morgan fingerprint density at radius 2 is 2.45 bits per heavy atom. The highest BCUT2D eigenvalue weighted by Crippen LogP contribution is 2.31. The average Bonchev–Trinajstić information content (AvgIpc) is 2.30. The van der Waals surface area contributed by atoms with E-state index in [0.717, 1.165) is 19.4 Å². The van der Waals surface area contributed by atoms with Crippen molar-refractivity contribution in [3.63, 3.8) is 0 Å². The lowest BCUT2D eigenvalue weighted by molar-refractivity contribution is -0.130. The number of amides is 1. The number of nitrogens with zero attached hydrogens (tertiary/aromatic N) is 1. The number of carbonyl (C=O) groups is 1. The molecule has 0 bridgehead atoms. The number of hydrogen-bond acceptors (Lipinski definition) is 1. The van der Waals surface area contributed by atoms with Gasteiger partial charge in [-0.15, -0.1) is 0 Å². The zero-order chi connectivity index (χ0) is 7.84. The highest BCUT2D eigenvalue weighted by Gasteiger charge is 2.37. The minimum atomic E-state index is 0.310. The molecule has 2 unspecified atom stereocenters. The van der Waals surface area contributed by atoms with Gasteiger partial charge in [-0.05, 0) is 12.8 Å². The normalized spacial score (nSPS) is 36.1. The van der Waals surface area contributed by atoms with E-state index in [-0.39, 0.29) is 0 Å². The highest BCUT2D eigenvalue weighted by molar-refractivity contribution is 5.81. The van der Waals surface area contributed by atoms with Crippen LogP contribution in [0.25, 0.3) is 0 Å². The zero-order valence-corrected chi connectivity index (χ0v) is 6.79. The molecule has 0 aromatic heterocycles. The van der Waals surface area contributed by atoms with Gasteiger partial charge in [0.1, 0.15) is 0 Å². The van der Waals surface area contributed by atoms with Crippen LogP contribution in [0.5, 0.6) is 0 Å². The van der Waals surface area contributed by atoms with E-state index >= 15 is 0 Å². The number of carbonyl (C=O) groups excluding carboxylic acids is 1. The van der Waals surface area contributed by atoms with Crippen molar-refractivity contribution < 1.29 is 4.79 Å². The summed E-state index contributed by atoms with van der Waals surface area (Å²) in [5.41, 5.74) is 0. The number of hydrogen-bond donors (Lipinski definition) is 0. The molecule has 0 saturated carbocycles. The lowest BCUT2D eigenvalue weighted by Gasteiger charge is -2.15. The van der Waals surface area contributed by atoms with Gasteiger partial charge in [-0.1, -0.05) is 12.2 Å². The van der Waals surface area contributed by atoms with Crippen molar-refractivity contribution in [2.24, 2.45) is 11.8 Å². The summed E-state index contributed by atoms with van der Waals surface area (Å²) >= 11 is 0. The van der Waals surface area contributed by atoms with E-state index in [1.54, 1.807) is 0 Å². The van der Waals surface area contributed by atoms with Crippen LogP contribution in [0.15, 0.2) is 12.2 Å². The van der Waals surface area contributed by atoms with Gasteiger partial charge in [0.05, 0.1) is 0 Å². The smallest absolute Gasteiger partial charge is 0.226 e. The van der Waals surface area contributed by atoms with Gasteiger partial charge in [0, 0.05) is 25.4 Å². The van der Waals surface area contributed by atoms with Gasteiger partial charge in [-0.3, -0.25) is 4.79 Å². The molecule has 2 atom stereocenters. The molecule has 0 radical (unpaired) electrons. The fourth-order valence-corrected chi connectivity index (χ4v) is 2.08. The average molecular weight is 151 g/mol. The molecule has 1 saturated heterocycles. The summed E-state index contributed by atoms with van der Waals surface area (Å²) in [5.74, 6) is 1.17. The monoisotopic (exact) mass is 151 g/mol. The minimum absolute atomic E-state index is 0.310. The van der Waals surface area contributed by atoms with Crippen molar-refractivity contribution in [2.75, 3.05) is 13.6 Å². The molecule has 1 aliphatic carbocycles. The molecule has 2 heteroatoms. The highest BCUT2D eigenvalue weighted by atomic mass is 16.2. The Balaban J connectivity index is 2.21. The maximum atomic E-state index is 11.4. The summed E-state index contributed by atoms with van der Waals surface area (Å²) in [5, 5.41) is 0. The largest absolute Gasteiger partial charge is 0.345 e. The van der Waals surface area contributed by atoms with Crippen molar-refractivity contribution in [2.45, 2.75) is 12.8 Å². The molecule has 1 amide bonds. The Labute approximate surface area is 66.9 Å². The molecular formula is C9H13NO. The maximum Gasteiger partial charge on any atom is 0.226 e. The van der Waals surface area contributed by atoms with Crippen molar-refractivity contribution >= 4 is 5.91 Å². The quantitative estimate of drug-likeness (QED) is 0.474. The van der Waals surface area contributed by atoms with E-state index < -0.39 is 0 Å². The van der Waals surface area contributed by atoms with E-state index in [1.165, 1.54) is 0 Å². The summed E-state index contributed by atoms with van der Waals surface area (Å²) in [7, 11) is 1.90. The first-order valence-corrected chi connectivity index (χ1v) is 4.20. The van der Waals surface area contributed by atoms with Gasteiger partial charge >= 0.3 is 0 Å². The third-order valence-corrected chi connectivity index (χ3v) is 2.72. The minimum Gasteiger partial charge on any atom is -0.345 e. The van der Waals surface area contributed by atoms with Crippen LogP contribution in [0.1, 0.15) is 12.8 Å². The van der Waals surface area contributed by atoms with E-state index in [1.807, 2.05) is 11.9 Å². The lowest BCUT2D eigenvalue weighted by atomic mass is 9.87. The molecule has 1 aliphatic heterocycles. The van der Waals surface area contributed by atoms with E-state index in [9.17, 15) is 4.79 Å². The third-order valence-electron chi connectivity index (χ3n) is 2.72. The standard InChI is InChI=1S/C9H13NO/c1-10-6-7-4-2-3-5-8(7)9(10)11/h2,4,7-8H,3,5-6H2,1H3. The number of likely N-dealkylation sites (tertiary alicyclic amines) is 1. The van der Waals surface area contributed by atoms with Gasteiger partial charge in [0.15, 0.2) is 0 Å². The van der Waals surface area contributed by atoms with Crippen LogP contribution >= 0.6 is 0 Å². The van der Waals surface area contributed by atoms with Crippen LogP contribution in [-0.4, -0.2) is 24.4 Å². The first-order valence-electron chi connectivity index (χ1n) is 4.20. The van der Waals surface area contributed by atoms with Crippen molar-refractivity contribution in [3.8, 4) is 0 Å². The van der Waals surface area contributed by atoms with Crippen LogP contribution in [0.2, 0.25) is 0 Å². The van der Waals surface area contributed by atoms with Gasteiger partial charge in [-0.25, -0.2) is 0 Å². The van der Waals surface area contributed by atoms with E-state index in [4.69, 9.17) is 0 Å². The van der Waals surface area contributed by atoms with Crippen molar-refractivity contribution in [1.29, 1.82) is 0 Å². The Kier molecular flexibility index (Phi) is 1.48. The summed E-state index contributed by atoms with van der Waals surface area (Å²) in [6, 6.07) is 0. The second-order valence-electron chi connectivity index (χ2n) is 3.49. The zero-order valence-electron chi connectivity index (χ0n) is 6.79. The second-order valence-corrected chi connectivity index (χ2v) is 3.49. The Morgan fingerprint density at radius 1 is 1.64 bits per heavy atom. The SMILES string of the molecule is CN1CC2C=CCCC2C1=O. The number of allylic oxidation sites excluding steroid dienone is 1. The van der Waals surface area contributed by atoms with Crippen LogP contribution in [0.4, 0.5) is 0 Å². The Hall–Kier alpha value is -0.790. The molecule has 0 aromatic carbocycles. The molecule has 0 N–H and O–H groups in total. The molecule has 1 fully saturated rings. The van der Waals surface area contributed by atoms with E-state index in [0.29, 0.717) is 17.7 Å². The first-order chi connectivity index (χ1) is 5.29. The molecule has 2 aliphatic rings. The van der Waals surface area contributed by atoms with Crippen LogP contribution in [0, 0.1) is 11.8 Å². The number of fused-ring (bicyclic) bond motifs is 1. The van der Waals surface area contributed by atoms with Gasteiger partial charge < -0.3 is 4.90 Å². The number of rotatable bonds is 0. The van der Waals surface area contributed by atoms with Crippen molar-refractivity contribution in [1.82, 2.24) is 4.90 Å². The molecule has 11 heavy (non-hydrogen) atoms. The summed E-state index contributed by atoms with van der Waals surface area (Å²) in [6.07, 6.45) is 6.55. The third kappa shape index (κ3) is 0.971. The predicted octanol–water partition coefficient (Wildman–Crippen LogP) is 1.04. The van der Waals surface area contributed by atoms with E-state index in [2.05, 4.69) is 12.2 Å². The van der Waals surface area contributed by atoms with Gasteiger partial charge in [0.25, 0.3) is 0 Å². The van der Waals surface area contributed by atoms with Gasteiger partial charge in [-0.2, -0.15) is 0 Å². The van der Waals surface area contributed by atoms with Crippen LogP contribution in [0.3, 0.4) is 0 Å². The molecule has 60 valence electrons. The Bertz CT molecular complexity index is 210. The lowest BCUT2D eigenvalue weighted by Crippen LogP contribution is -2.22. The first kappa shape index (κ1) is 6.89. The molecule has 0 aromatic rings. The topological polar surface area (TPSA) is 20.3 Å². The van der Waals surface area contributed by atoms with Gasteiger partial charge in [0.2, 0.25) is 5.91 Å². The molecule has 2 nitrogen and oxygen atoms in total. The van der Waals surface area contributed by atoms with Crippen molar-refractivity contribution in [3.05, 3.63) is 12.2 Å². The summed E-state index contributed by atoms with van der Waals surface area (Å²) in [6.45, 7) is 0.931. The maximum absolute atomic E-state index is 11.4. The van der Waals surface area contributed by atoms with Crippen LogP contribution in [-0.2, 0) is 4.79 Å². The Morgan fingerprint density at radius 3 is 3.18 bits per heavy atom. The predicted molar refractivity (Wildman–Crippen MR) is 43.0 cm³/mol. The fourth-order valence-electron chi connectivity index (χ4n) is 2.08. The second kappa shape index (κ2) is 2.36. The molecule has 0 spiro atoms. The van der Waals surface area contributed by atoms with Crippen LogP contribution < -0.4 is 0 Å². The fraction of sp³-hybridized carbons (Fsp3) is 0.667. The molecular weight excluding hydrogens is 138 g/mol. The summed E-state index contributed by atoms with van der Waals surface area (Å²) in [4.78, 5) is 13.3.